The van der Waals surface area contributed by atoms with Gasteiger partial charge in [0.2, 0.25) is 0 Å². The zero-order chi connectivity index (χ0) is 12.8. The summed E-state index contributed by atoms with van der Waals surface area (Å²) in [5, 5.41) is 8.96. The van der Waals surface area contributed by atoms with Gasteiger partial charge in [0.25, 0.3) is 0 Å². The van der Waals surface area contributed by atoms with Gasteiger partial charge in [0.05, 0.1) is 25.9 Å². The summed E-state index contributed by atoms with van der Waals surface area (Å²) in [5.74, 6) is -2.43. The summed E-state index contributed by atoms with van der Waals surface area (Å²) in [7, 11) is 2.42. The van der Waals surface area contributed by atoms with Gasteiger partial charge in [-0.05, 0) is 11.6 Å². The van der Waals surface area contributed by atoms with Gasteiger partial charge in [-0.25, -0.2) is 4.79 Å². The first kappa shape index (κ1) is 12.7. The van der Waals surface area contributed by atoms with Gasteiger partial charge in [0, 0.05) is 0 Å². The Morgan fingerprint density at radius 1 is 1.24 bits per heavy atom. The summed E-state index contributed by atoms with van der Waals surface area (Å²) in [6.07, 6.45) is 0. The third kappa shape index (κ3) is 2.61. The third-order valence-electron chi connectivity index (χ3n) is 2.24. The van der Waals surface area contributed by atoms with E-state index in [0.29, 0.717) is 0 Å². The minimum atomic E-state index is -1.13. The van der Waals surface area contributed by atoms with E-state index in [0.717, 1.165) is 0 Å². The second-order valence-electron chi connectivity index (χ2n) is 3.16. The fourth-order valence-electron chi connectivity index (χ4n) is 1.41. The number of carbonyl (C=O) groups is 2. The molecule has 1 aromatic carbocycles. The lowest BCUT2D eigenvalue weighted by Gasteiger charge is -2.11. The van der Waals surface area contributed by atoms with Crippen LogP contribution in [0.2, 0.25) is 0 Å². The minimum absolute atomic E-state index is 0.187. The Morgan fingerprint density at radius 2 is 1.88 bits per heavy atom. The number of benzene rings is 1. The summed E-state index contributed by atoms with van der Waals surface area (Å²) in [6.45, 7) is 0. The van der Waals surface area contributed by atoms with Crippen LogP contribution >= 0.6 is 0 Å². The lowest BCUT2D eigenvalue weighted by molar-refractivity contribution is -0.141. The van der Waals surface area contributed by atoms with E-state index in [9.17, 15) is 9.59 Å². The third-order valence-corrected chi connectivity index (χ3v) is 2.24. The molecule has 0 aliphatic carbocycles. The van der Waals surface area contributed by atoms with Gasteiger partial charge in [-0.2, -0.15) is 5.26 Å². The molecule has 1 rings (SSSR count). The van der Waals surface area contributed by atoms with Crippen molar-refractivity contribution in [2.45, 2.75) is 5.92 Å². The van der Waals surface area contributed by atoms with Crippen LogP contribution in [-0.2, 0) is 14.3 Å². The SMILES string of the molecule is COC(=O)c1ccccc1C(C#N)C(=O)OC. The van der Waals surface area contributed by atoms with Gasteiger partial charge in [-0.1, -0.05) is 18.2 Å². The molecule has 0 amide bonds. The van der Waals surface area contributed by atoms with E-state index in [1.165, 1.54) is 26.4 Å². The topological polar surface area (TPSA) is 76.4 Å². The number of nitrogens with zero attached hydrogens (tertiary/aromatic N) is 1. The molecule has 1 aromatic rings. The lowest BCUT2D eigenvalue weighted by Crippen LogP contribution is -2.16. The molecular weight excluding hydrogens is 222 g/mol. The predicted molar refractivity (Wildman–Crippen MR) is 58.2 cm³/mol. The molecule has 0 bridgehead atoms. The van der Waals surface area contributed by atoms with Crippen molar-refractivity contribution < 1.29 is 19.1 Å². The standard InChI is InChI=1S/C12H11NO4/c1-16-11(14)9-6-4-3-5-8(9)10(7-13)12(15)17-2/h3-6,10H,1-2H3. The van der Waals surface area contributed by atoms with Gasteiger partial charge < -0.3 is 9.47 Å². The maximum Gasteiger partial charge on any atom is 0.338 e. The highest BCUT2D eigenvalue weighted by Crippen LogP contribution is 2.21. The van der Waals surface area contributed by atoms with Crippen LogP contribution in [0, 0.1) is 11.3 Å². The van der Waals surface area contributed by atoms with E-state index in [4.69, 9.17) is 5.26 Å². The Balaban J connectivity index is 3.25. The number of rotatable bonds is 3. The van der Waals surface area contributed by atoms with Gasteiger partial charge in [-0.3, -0.25) is 4.79 Å². The Labute approximate surface area is 98.6 Å². The molecule has 5 heteroatoms. The number of nitriles is 1. The van der Waals surface area contributed by atoms with E-state index in [1.807, 2.05) is 0 Å². The average Bonchev–Trinajstić information content (AvgIpc) is 2.39. The quantitative estimate of drug-likeness (QED) is 0.734. The molecule has 0 radical (unpaired) electrons. The molecule has 1 unspecified atom stereocenters. The molecule has 1 atom stereocenters. The number of hydrogen-bond acceptors (Lipinski definition) is 5. The maximum atomic E-state index is 11.5. The molecule has 0 fully saturated rings. The van der Waals surface area contributed by atoms with E-state index in [1.54, 1.807) is 18.2 Å². The molecule has 0 aliphatic rings. The molecule has 0 N–H and O–H groups in total. The van der Waals surface area contributed by atoms with Gasteiger partial charge in [0.1, 0.15) is 0 Å². The normalized spacial score (nSPS) is 11.1. The monoisotopic (exact) mass is 233 g/mol. The van der Waals surface area contributed by atoms with Crippen LogP contribution in [0.5, 0.6) is 0 Å². The Hall–Kier alpha value is -2.35. The van der Waals surface area contributed by atoms with Crippen LogP contribution in [0.1, 0.15) is 21.8 Å². The molecular formula is C12H11NO4. The first-order chi connectivity index (χ1) is 8.15. The summed E-state index contributed by atoms with van der Waals surface area (Å²) >= 11 is 0. The van der Waals surface area contributed by atoms with E-state index >= 15 is 0 Å². The highest BCUT2D eigenvalue weighted by atomic mass is 16.5. The fourth-order valence-corrected chi connectivity index (χ4v) is 1.41. The lowest BCUT2D eigenvalue weighted by atomic mass is 9.95. The summed E-state index contributed by atoms with van der Waals surface area (Å²) in [6, 6.07) is 8.09. The molecule has 17 heavy (non-hydrogen) atoms. The Bertz CT molecular complexity index is 476. The van der Waals surface area contributed by atoms with Crippen molar-refractivity contribution in [3.63, 3.8) is 0 Å². The van der Waals surface area contributed by atoms with Crippen LogP contribution in [-0.4, -0.2) is 26.2 Å². The zero-order valence-electron chi connectivity index (χ0n) is 9.47. The maximum absolute atomic E-state index is 11.5. The van der Waals surface area contributed by atoms with Crippen molar-refractivity contribution in [3.8, 4) is 6.07 Å². The summed E-state index contributed by atoms with van der Waals surface area (Å²) in [5.41, 5.74) is 0.473. The van der Waals surface area contributed by atoms with Crippen molar-refractivity contribution in [1.29, 1.82) is 5.26 Å². The molecule has 0 aromatic heterocycles. The molecule has 0 saturated heterocycles. The number of ether oxygens (including phenoxy) is 2. The van der Waals surface area contributed by atoms with Crippen molar-refractivity contribution >= 4 is 11.9 Å². The van der Waals surface area contributed by atoms with Crippen LogP contribution in [0.25, 0.3) is 0 Å². The minimum Gasteiger partial charge on any atom is -0.468 e. The first-order valence-corrected chi connectivity index (χ1v) is 4.80. The first-order valence-electron chi connectivity index (χ1n) is 4.80. The largest absolute Gasteiger partial charge is 0.468 e. The van der Waals surface area contributed by atoms with Crippen molar-refractivity contribution in [1.82, 2.24) is 0 Å². The number of hydrogen-bond donors (Lipinski definition) is 0. The van der Waals surface area contributed by atoms with Crippen LogP contribution < -0.4 is 0 Å². The van der Waals surface area contributed by atoms with E-state index in [2.05, 4.69) is 9.47 Å². The fraction of sp³-hybridized carbons (Fsp3) is 0.250. The van der Waals surface area contributed by atoms with Crippen molar-refractivity contribution in [3.05, 3.63) is 35.4 Å². The molecule has 0 spiro atoms. The van der Waals surface area contributed by atoms with Gasteiger partial charge in [0.15, 0.2) is 5.92 Å². The predicted octanol–water partition coefficient (Wildman–Crippen LogP) is 1.25. The molecule has 0 saturated carbocycles. The van der Waals surface area contributed by atoms with E-state index < -0.39 is 17.9 Å². The van der Waals surface area contributed by atoms with Gasteiger partial charge >= 0.3 is 11.9 Å². The number of esters is 2. The highest BCUT2D eigenvalue weighted by Gasteiger charge is 2.26. The van der Waals surface area contributed by atoms with Crippen LogP contribution in [0.3, 0.4) is 0 Å². The van der Waals surface area contributed by atoms with Gasteiger partial charge in [-0.15, -0.1) is 0 Å². The number of methoxy groups -OCH3 is 2. The Morgan fingerprint density at radius 3 is 2.41 bits per heavy atom. The van der Waals surface area contributed by atoms with Crippen molar-refractivity contribution in [2.75, 3.05) is 14.2 Å². The Kier molecular flexibility index (Phi) is 4.23. The second-order valence-corrected chi connectivity index (χ2v) is 3.16. The highest BCUT2D eigenvalue weighted by molar-refractivity contribution is 5.94. The zero-order valence-corrected chi connectivity index (χ0v) is 9.47. The summed E-state index contributed by atoms with van der Waals surface area (Å²) in [4.78, 5) is 22.9. The smallest absolute Gasteiger partial charge is 0.338 e. The van der Waals surface area contributed by atoms with Crippen LogP contribution in [0.15, 0.2) is 24.3 Å². The second kappa shape index (κ2) is 5.66. The molecule has 0 heterocycles. The van der Waals surface area contributed by atoms with Crippen LogP contribution in [0.4, 0.5) is 0 Å². The van der Waals surface area contributed by atoms with E-state index in [-0.39, 0.29) is 11.1 Å². The average molecular weight is 233 g/mol. The number of carbonyl (C=O) groups excluding carboxylic acids is 2. The molecule has 0 aliphatic heterocycles. The molecule has 88 valence electrons. The van der Waals surface area contributed by atoms with Crippen molar-refractivity contribution in [2.24, 2.45) is 0 Å². The molecule has 5 nitrogen and oxygen atoms in total. The summed E-state index contributed by atoms with van der Waals surface area (Å²) < 4.78 is 9.10.